The van der Waals surface area contributed by atoms with Crippen LogP contribution in [0.25, 0.3) is 0 Å². The van der Waals surface area contributed by atoms with Gasteiger partial charge in [-0.1, -0.05) is 36.4 Å². The van der Waals surface area contributed by atoms with Gasteiger partial charge in [-0.15, -0.1) is 0 Å². The van der Waals surface area contributed by atoms with Gasteiger partial charge in [0.25, 0.3) is 0 Å². The quantitative estimate of drug-likeness (QED) is 0.851. The molecule has 1 atom stereocenters. The molecule has 0 spiro atoms. The summed E-state index contributed by atoms with van der Waals surface area (Å²) in [5, 5.41) is 3.45. The van der Waals surface area contributed by atoms with Gasteiger partial charge < -0.3 is 5.32 Å². The Kier molecular flexibility index (Phi) is 3.11. The van der Waals surface area contributed by atoms with Gasteiger partial charge in [-0.25, -0.2) is 4.39 Å². The Balaban J connectivity index is 1.84. The maximum atomic E-state index is 12.9. The first kappa shape index (κ1) is 11.4. The molecule has 0 saturated carbocycles. The van der Waals surface area contributed by atoms with E-state index in [1.807, 2.05) is 12.1 Å². The van der Waals surface area contributed by atoms with Crippen LogP contribution in [0.5, 0.6) is 0 Å². The molecule has 2 heteroatoms. The van der Waals surface area contributed by atoms with Crippen molar-refractivity contribution in [2.45, 2.75) is 18.9 Å². The Morgan fingerprint density at radius 2 is 1.83 bits per heavy atom. The third-order valence-electron chi connectivity index (χ3n) is 3.60. The van der Waals surface area contributed by atoms with Crippen LogP contribution in [0, 0.1) is 5.82 Å². The van der Waals surface area contributed by atoms with E-state index in [4.69, 9.17) is 0 Å². The predicted octanol–water partition coefficient (Wildman–Crippen LogP) is 3.26. The number of hydrogen-bond donors (Lipinski definition) is 1. The van der Waals surface area contributed by atoms with Gasteiger partial charge in [0.15, 0.2) is 0 Å². The zero-order chi connectivity index (χ0) is 12.4. The molecule has 92 valence electrons. The van der Waals surface area contributed by atoms with E-state index in [1.54, 1.807) is 0 Å². The van der Waals surface area contributed by atoms with Crippen LogP contribution in [0.4, 0.5) is 4.39 Å². The molecule has 0 bridgehead atoms. The monoisotopic (exact) mass is 241 g/mol. The third-order valence-corrected chi connectivity index (χ3v) is 3.60. The van der Waals surface area contributed by atoms with Crippen LogP contribution in [0.15, 0.2) is 48.5 Å². The van der Waals surface area contributed by atoms with E-state index in [-0.39, 0.29) is 5.82 Å². The van der Waals surface area contributed by atoms with E-state index < -0.39 is 0 Å². The standard InChI is InChI=1S/C16H16FN/c17-15-7-5-12(6-8-15)9-14-11-18-10-13-3-1-2-4-16(13)14/h1-8,14,18H,9-11H2. The maximum Gasteiger partial charge on any atom is 0.123 e. The van der Waals surface area contributed by atoms with Crippen LogP contribution in [-0.2, 0) is 13.0 Å². The SMILES string of the molecule is Fc1ccc(CC2CNCc3ccccc32)cc1. The lowest BCUT2D eigenvalue weighted by Crippen LogP contribution is -2.29. The van der Waals surface area contributed by atoms with Crippen molar-refractivity contribution in [2.75, 3.05) is 6.54 Å². The van der Waals surface area contributed by atoms with Crippen molar-refractivity contribution in [2.24, 2.45) is 0 Å². The fourth-order valence-electron chi connectivity index (χ4n) is 2.67. The van der Waals surface area contributed by atoms with Gasteiger partial charge in [0.05, 0.1) is 0 Å². The second-order valence-corrected chi connectivity index (χ2v) is 4.86. The molecule has 0 aromatic heterocycles. The molecule has 3 rings (SSSR count). The van der Waals surface area contributed by atoms with Gasteiger partial charge in [-0.2, -0.15) is 0 Å². The molecule has 0 fully saturated rings. The smallest absolute Gasteiger partial charge is 0.123 e. The Morgan fingerprint density at radius 3 is 2.67 bits per heavy atom. The van der Waals surface area contributed by atoms with Crippen LogP contribution in [-0.4, -0.2) is 6.54 Å². The summed E-state index contributed by atoms with van der Waals surface area (Å²) in [5.41, 5.74) is 4.01. The minimum absolute atomic E-state index is 0.166. The summed E-state index contributed by atoms with van der Waals surface area (Å²) in [6, 6.07) is 15.4. The van der Waals surface area contributed by atoms with Gasteiger partial charge in [0.2, 0.25) is 0 Å². The first-order valence-corrected chi connectivity index (χ1v) is 6.36. The molecule has 0 amide bonds. The Morgan fingerprint density at radius 1 is 1.06 bits per heavy atom. The highest BCUT2D eigenvalue weighted by atomic mass is 19.1. The molecule has 0 radical (unpaired) electrons. The molecule has 0 saturated heterocycles. The highest BCUT2D eigenvalue weighted by molar-refractivity contribution is 5.34. The number of halogens is 1. The minimum Gasteiger partial charge on any atom is -0.312 e. The number of benzene rings is 2. The second kappa shape index (κ2) is 4.91. The van der Waals surface area contributed by atoms with Crippen molar-refractivity contribution in [3.05, 3.63) is 71.0 Å². The van der Waals surface area contributed by atoms with Crippen molar-refractivity contribution < 1.29 is 4.39 Å². The van der Waals surface area contributed by atoms with E-state index in [9.17, 15) is 4.39 Å². The van der Waals surface area contributed by atoms with E-state index in [0.29, 0.717) is 5.92 Å². The zero-order valence-electron chi connectivity index (χ0n) is 10.2. The molecule has 1 unspecified atom stereocenters. The predicted molar refractivity (Wildman–Crippen MR) is 71.0 cm³/mol. The lowest BCUT2D eigenvalue weighted by molar-refractivity contribution is 0.538. The van der Waals surface area contributed by atoms with Gasteiger partial charge >= 0.3 is 0 Å². The maximum absolute atomic E-state index is 12.9. The van der Waals surface area contributed by atoms with Gasteiger partial charge in [-0.3, -0.25) is 0 Å². The summed E-state index contributed by atoms with van der Waals surface area (Å²) in [4.78, 5) is 0. The number of fused-ring (bicyclic) bond motifs is 1. The Bertz CT molecular complexity index is 533. The molecule has 2 aromatic carbocycles. The van der Waals surface area contributed by atoms with Gasteiger partial charge in [-0.05, 0) is 35.2 Å². The van der Waals surface area contributed by atoms with E-state index in [1.165, 1.54) is 28.8 Å². The van der Waals surface area contributed by atoms with Crippen molar-refractivity contribution in [3.63, 3.8) is 0 Å². The molecule has 1 aliphatic rings. The van der Waals surface area contributed by atoms with Crippen LogP contribution in [0.3, 0.4) is 0 Å². The molecular weight excluding hydrogens is 225 g/mol. The summed E-state index contributed by atoms with van der Waals surface area (Å²) in [7, 11) is 0. The van der Waals surface area contributed by atoms with E-state index >= 15 is 0 Å². The van der Waals surface area contributed by atoms with Gasteiger partial charge in [0.1, 0.15) is 5.82 Å². The number of hydrogen-bond acceptors (Lipinski definition) is 1. The summed E-state index contributed by atoms with van der Waals surface area (Å²) in [6.45, 7) is 1.95. The summed E-state index contributed by atoms with van der Waals surface area (Å²) in [6.07, 6.45) is 0.963. The lowest BCUT2D eigenvalue weighted by atomic mass is 9.86. The highest BCUT2D eigenvalue weighted by Gasteiger charge is 2.19. The molecule has 0 aliphatic carbocycles. The average Bonchev–Trinajstić information content (AvgIpc) is 2.42. The topological polar surface area (TPSA) is 12.0 Å². The largest absolute Gasteiger partial charge is 0.312 e. The van der Waals surface area contributed by atoms with Crippen molar-refractivity contribution >= 4 is 0 Å². The van der Waals surface area contributed by atoms with E-state index in [2.05, 4.69) is 29.6 Å². The van der Waals surface area contributed by atoms with Crippen LogP contribution in [0.1, 0.15) is 22.6 Å². The molecule has 1 N–H and O–H groups in total. The summed E-state index contributed by atoms with van der Waals surface area (Å²) in [5.74, 6) is 0.321. The minimum atomic E-state index is -0.166. The van der Waals surface area contributed by atoms with Crippen LogP contribution >= 0.6 is 0 Å². The third kappa shape index (κ3) is 2.29. The number of rotatable bonds is 2. The zero-order valence-corrected chi connectivity index (χ0v) is 10.2. The van der Waals surface area contributed by atoms with Crippen molar-refractivity contribution in [1.29, 1.82) is 0 Å². The highest BCUT2D eigenvalue weighted by Crippen LogP contribution is 2.27. The lowest BCUT2D eigenvalue weighted by Gasteiger charge is -2.26. The molecule has 1 nitrogen and oxygen atoms in total. The Labute approximate surface area is 107 Å². The fraction of sp³-hybridized carbons (Fsp3) is 0.250. The molecular formula is C16H16FN. The fourth-order valence-corrected chi connectivity index (χ4v) is 2.67. The summed E-state index contributed by atoms with van der Waals surface area (Å²) >= 11 is 0. The van der Waals surface area contributed by atoms with Gasteiger partial charge in [0, 0.05) is 19.0 Å². The Hall–Kier alpha value is -1.67. The van der Waals surface area contributed by atoms with Crippen LogP contribution in [0.2, 0.25) is 0 Å². The summed E-state index contributed by atoms with van der Waals surface area (Å²) < 4.78 is 12.9. The van der Waals surface area contributed by atoms with Crippen molar-refractivity contribution in [1.82, 2.24) is 5.32 Å². The first-order chi connectivity index (χ1) is 8.83. The normalized spacial score (nSPS) is 18.4. The van der Waals surface area contributed by atoms with Crippen molar-refractivity contribution in [3.8, 4) is 0 Å². The molecule has 1 heterocycles. The first-order valence-electron chi connectivity index (χ1n) is 6.36. The molecule has 18 heavy (non-hydrogen) atoms. The molecule has 2 aromatic rings. The second-order valence-electron chi connectivity index (χ2n) is 4.86. The van der Waals surface area contributed by atoms with E-state index in [0.717, 1.165) is 19.5 Å². The molecule has 1 aliphatic heterocycles. The number of nitrogens with one attached hydrogen (secondary N) is 1. The van der Waals surface area contributed by atoms with Crippen LogP contribution < -0.4 is 5.32 Å². The average molecular weight is 241 g/mol.